The largest absolute Gasteiger partial charge is 0.366 e. The minimum absolute atomic E-state index is 0.0830. The molecular formula is C18H19N3O2. The minimum Gasteiger partial charge on any atom is -0.366 e. The molecule has 2 amide bonds. The fourth-order valence-corrected chi connectivity index (χ4v) is 2.94. The van der Waals surface area contributed by atoms with E-state index >= 15 is 0 Å². The summed E-state index contributed by atoms with van der Waals surface area (Å²) in [6, 6.07) is 15.0. The number of primary amides is 1. The van der Waals surface area contributed by atoms with E-state index in [1.165, 1.54) is 5.56 Å². The Bertz CT molecular complexity index is 740. The van der Waals surface area contributed by atoms with Crippen LogP contribution in [0.25, 0.3) is 0 Å². The van der Waals surface area contributed by atoms with Gasteiger partial charge in [0.15, 0.2) is 0 Å². The lowest BCUT2D eigenvalue weighted by Gasteiger charge is -2.24. The molecule has 23 heavy (non-hydrogen) atoms. The van der Waals surface area contributed by atoms with Crippen molar-refractivity contribution >= 4 is 23.2 Å². The Morgan fingerprint density at radius 3 is 2.57 bits per heavy atom. The molecule has 1 heterocycles. The van der Waals surface area contributed by atoms with E-state index in [4.69, 9.17) is 5.73 Å². The number of rotatable bonds is 4. The van der Waals surface area contributed by atoms with Crippen LogP contribution in [0.3, 0.4) is 0 Å². The molecule has 0 aliphatic carbocycles. The van der Waals surface area contributed by atoms with Gasteiger partial charge in [-0.2, -0.15) is 0 Å². The predicted octanol–water partition coefficient (Wildman–Crippen LogP) is 2.18. The molecule has 0 bridgehead atoms. The van der Waals surface area contributed by atoms with Crippen molar-refractivity contribution in [3.63, 3.8) is 0 Å². The van der Waals surface area contributed by atoms with Crippen molar-refractivity contribution in [3.8, 4) is 0 Å². The zero-order valence-electron chi connectivity index (χ0n) is 13.0. The second-order valence-electron chi connectivity index (χ2n) is 5.80. The smallest absolute Gasteiger partial charge is 0.248 e. The van der Waals surface area contributed by atoms with Crippen LogP contribution in [0.15, 0.2) is 48.5 Å². The minimum atomic E-state index is -0.481. The van der Waals surface area contributed by atoms with Gasteiger partial charge in [0.05, 0.1) is 6.54 Å². The highest BCUT2D eigenvalue weighted by Crippen LogP contribution is 2.31. The van der Waals surface area contributed by atoms with Crippen LogP contribution in [0.1, 0.15) is 22.8 Å². The Labute approximate surface area is 135 Å². The lowest BCUT2D eigenvalue weighted by molar-refractivity contribution is -0.115. The van der Waals surface area contributed by atoms with Gasteiger partial charge in [-0.25, -0.2) is 0 Å². The monoisotopic (exact) mass is 309 g/mol. The number of hydrogen-bond acceptors (Lipinski definition) is 3. The summed E-state index contributed by atoms with van der Waals surface area (Å²) in [5.74, 6) is -0.564. The summed E-state index contributed by atoms with van der Waals surface area (Å²) in [6.45, 7) is 2.42. The van der Waals surface area contributed by atoms with Gasteiger partial charge in [-0.05, 0) is 49.2 Å². The van der Waals surface area contributed by atoms with Crippen molar-refractivity contribution in [2.45, 2.75) is 19.4 Å². The molecule has 0 aromatic heterocycles. The van der Waals surface area contributed by atoms with Crippen molar-refractivity contribution in [2.75, 3.05) is 16.8 Å². The highest BCUT2D eigenvalue weighted by Gasteiger charge is 2.26. The van der Waals surface area contributed by atoms with Gasteiger partial charge in [-0.15, -0.1) is 0 Å². The summed E-state index contributed by atoms with van der Waals surface area (Å²) in [7, 11) is 0. The van der Waals surface area contributed by atoms with E-state index < -0.39 is 5.91 Å². The molecule has 1 atom stereocenters. The lowest BCUT2D eigenvalue weighted by atomic mass is 10.1. The molecule has 5 heteroatoms. The summed E-state index contributed by atoms with van der Waals surface area (Å²) in [5, 5.41) is 2.85. The number of carbonyl (C=O) groups is 2. The van der Waals surface area contributed by atoms with E-state index in [1.54, 1.807) is 24.3 Å². The SMILES string of the molecule is C[C@@H]1Cc2ccccc2N1CC(=O)Nc1ccc(C(N)=O)cc1. The molecule has 0 saturated heterocycles. The van der Waals surface area contributed by atoms with Crippen molar-refractivity contribution < 1.29 is 9.59 Å². The fraction of sp³-hybridized carbons (Fsp3) is 0.222. The Morgan fingerprint density at radius 1 is 1.17 bits per heavy atom. The van der Waals surface area contributed by atoms with Gasteiger partial charge >= 0.3 is 0 Å². The zero-order valence-corrected chi connectivity index (χ0v) is 13.0. The van der Waals surface area contributed by atoms with Crippen molar-refractivity contribution in [1.82, 2.24) is 0 Å². The van der Waals surface area contributed by atoms with E-state index in [0.29, 0.717) is 23.8 Å². The Morgan fingerprint density at radius 2 is 1.87 bits per heavy atom. The first-order valence-corrected chi connectivity index (χ1v) is 7.59. The van der Waals surface area contributed by atoms with Crippen LogP contribution in [0.5, 0.6) is 0 Å². The highest BCUT2D eigenvalue weighted by molar-refractivity contribution is 5.96. The number of nitrogens with zero attached hydrogens (tertiary/aromatic N) is 1. The second kappa shape index (κ2) is 6.12. The number of para-hydroxylation sites is 1. The fourth-order valence-electron chi connectivity index (χ4n) is 2.94. The summed E-state index contributed by atoms with van der Waals surface area (Å²) in [5.41, 5.74) is 8.68. The average Bonchev–Trinajstić information content (AvgIpc) is 2.84. The van der Waals surface area contributed by atoms with Crippen LogP contribution >= 0.6 is 0 Å². The van der Waals surface area contributed by atoms with E-state index in [9.17, 15) is 9.59 Å². The molecule has 1 aliphatic rings. The Kier molecular flexibility index (Phi) is 4.02. The van der Waals surface area contributed by atoms with Crippen molar-refractivity contribution in [2.24, 2.45) is 5.73 Å². The second-order valence-corrected chi connectivity index (χ2v) is 5.80. The van der Waals surface area contributed by atoms with Crippen molar-refractivity contribution in [1.29, 1.82) is 0 Å². The van der Waals surface area contributed by atoms with E-state index in [2.05, 4.69) is 23.2 Å². The standard InChI is InChI=1S/C18H19N3O2/c1-12-10-14-4-2-3-5-16(14)21(12)11-17(22)20-15-8-6-13(7-9-15)18(19)23/h2-9,12H,10-11H2,1H3,(H2,19,23)(H,20,22)/t12-/m1/s1. The molecule has 0 fully saturated rings. The zero-order chi connectivity index (χ0) is 16.4. The predicted molar refractivity (Wildman–Crippen MR) is 90.5 cm³/mol. The maximum absolute atomic E-state index is 12.3. The third-order valence-corrected chi connectivity index (χ3v) is 4.12. The molecule has 3 rings (SSSR count). The third-order valence-electron chi connectivity index (χ3n) is 4.12. The lowest BCUT2D eigenvalue weighted by Crippen LogP contribution is -2.37. The third kappa shape index (κ3) is 3.18. The maximum Gasteiger partial charge on any atom is 0.248 e. The molecule has 5 nitrogen and oxygen atoms in total. The molecule has 1 aliphatic heterocycles. The van der Waals surface area contributed by atoms with Gasteiger partial charge in [0.1, 0.15) is 0 Å². The first-order valence-electron chi connectivity index (χ1n) is 7.59. The summed E-state index contributed by atoms with van der Waals surface area (Å²) < 4.78 is 0. The number of benzene rings is 2. The van der Waals surface area contributed by atoms with E-state index in [0.717, 1.165) is 12.1 Å². The van der Waals surface area contributed by atoms with Gasteiger partial charge < -0.3 is 16.0 Å². The molecular weight excluding hydrogens is 290 g/mol. The number of nitrogens with one attached hydrogen (secondary N) is 1. The van der Waals surface area contributed by atoms with Crippen molar-refractivity contribution in [3.05, 3.63) is 59.7 Å². The van der Waals surface area contributed by atoms with E-state index in [-0.39, 0.29) is 5.91 Å². The average molecular weight is 309 g/mol. The summed E-state index contributed by atoms with van der Waals surface area (Å²) in [4.78, 5) is 25.5. The normalized spacial score (nSPS) is 16.0. The van der Waals surface area contributed by atoms with Crippen LogP contribution in [0, 0.1) is 0 Å². The van der Waals surface area contributed by atoms with Gasteiger partial charge in [0, 0.05) is 23.0 Å². The molecule has 0 saturated carbocycles. The van der Waals surface area contributed by atoms with Crippen LogP contribution < -0.4 is 16.0 Å². The van der Waals surface area contributed by atoms with Crippen LogP contribution in [-0.4, -0.2) is 24.4 Å². The quantitative estimate of drug-likeness (QED) is 0.909. The molecule has 0 spiro atoms. The number of anilines is 2. The molecule has 2 aromatic carbocycles. The van der Waals surface area contributed by atoms with E-state index in [1.807, 2.05) is 18.2 Å². The molecule has 118 valence electrons. The van der Waals surface area contributed by atoms with Crippen LogP contribution in [0.4, 0.5) is 11.4 Å². The first-order chi connectivity index (χ1) is 11.0. The summed E-state index contributed by atoms with van der Waals surface area (Å²) >= 11 is 0. The van der Waals surface area contributed by atoms with Gasteiger partial charge in [-0.1, -0.05) is 18.2 Å². The number of fused-ring (bicyclic) bond motifs is 1. The number of carbonyl (C=O) groups excluding carboxylic acids is 2. The molecule has 0 radical (unpaired) electrons. The number of nitrogens with two attached hydrogens (primary N) is 1. The number of hydrogen-bond donors (Lipinski definition) is 2. The molecule has 2 aromatic rings. The van der Waals surface area contributed by atoms with Crippen LogP contribution in [-0.2, 0) is 11.2 Å². The van der Waals surface area contributed by atoms with Crippen LogP contribution in [0.2, 0.25) is 0 Å². The molecule has 3 N–H and O–H groups in total. The first kappa shape index (κ1) is 15.1. The van der Waals surface area contributed by atoms with Gasteiger partial charge in [0.2, 0.25) is 11.8 Å². The Balaban J connectivity index is 1.67. The maximum atomic E-state index is 12.3. The number of amides is 2. The van der Waals surface area contributed by atoms with Gasteiger partial charge in [0.25, 0.3) is 0 Å². The molecule has 0 unspecified atom stereocenters. The Hall–Kier alpha value is -2.82. The highest BCUT2D eigenvalue weighted by atomic mass is 16.2. The topological polar surface area (TPSA) is 75.4 Å². The van der Waals surface area contributed by atoms with Gasteiger partial charge in [-0.3, -0.25) is 9.59 Å². The summed E-state index contributed by atoms with van der Waals surface area (Å²) in [6.07, 6.45) is 0.955.